The minimum absolute atomic E-state index is 0.0897. The average Bonchev–Trinajstić information content (AvgIpc) is 2.78. The van der Waals surface area contributed by atoms with Crippen LogP contribution in [-0.4, -0.2) is 32.3 Å². The monoisotopic (exact) mass is 352 g/mol. The Labute approximate surface area is 150 Å². The van der Waals surface area contributed by atoms with Crippen molar-refractivity contribution in [3.8, 4) is 0 Å². The highest BCUT2D eigenvalue weighted by Gasteiger charge is 2.32. The van der Waals surface area contributed by atoms with Crippen LogP contribution in [0.4, 0.5) is 4.39 Å². The molecular formula is C20H21FN4O. The number of fused-ring (bicyclic) bond motifs is 3. The number of halogens is 1. The molecule has 0 atom stereocenters. The van der Waals surface area contributed by atoms with Gasteiger partial charge in [-0.15, -0.1) is 0 Å². The van der Waals surface area contributed by atoms with Crippen molar-refractivity contribution in [2.24, 2.45) is 0 Å². The van der Waals surface area contributed by atoms with Gasteiger partial charge in [0.2, 0.25) is 0 Å². The van der Waals surface area contributed by atoms with Crippen LogP contribution in [0.2, 0.25) is 0 Å². The Bertz CT molecular complexity index is 1030. The summed E-state index contributed by atoms with van der Waals surface area (Å²) in [6.45, 7) is 4.29. The standard InChI is InChI=1S/C20H21FN4O/c21-15-3-4-18-16(12-15)17-13-23-8-5-14(6-9-23)20(17)24(18)10-11-25-19(26)2-1-7-22-25/h1-4,7,12,14H,5-6,8-11,13H2. The molecule has 0 unspecified atom stereocenters. The molecule has 0 spiro atoms. The Balaban J connectivity index is 1.63. The summed E-state index contributed by atoms with van der Waals surface area (Å²) in [6, 6.07) is 8.27. The third kappa shape index (κ3) is 2.48. The second-order valence-electron chi connectivity index (χ2n) is 7.31. The minimum Gasteiger partial charge on any atom is -0.342 e. The van der Waals surface area contributed by atoms with Crippen LogP contribution in [0.3, 0.4) is 0 Å². The molecule has 0 radical (unpaired) electrons. The normalized spacial score (nSPS) is 21.7. The third-order valence-electron chi connectivity index (χ3n) is 5.85. The fourth-order valence-electron chi connectivity index (χ4n) is 4.63. The van der Waals surface area contributed by atoms with E-state index in [4.69, 9.17) is 0 Å². The molecule has 1 fully saturated rings. The third-order valence-corrected chi connectivity index (χ3v) is 5.85. The van der Waals surface area contributed by atoms with Crippen LogP contribution in [-0.2, 0) is 19.6 Å². The maximum Gasteiger partial charge on any atom is 0.266 e. The van der Waals surface area contributed by atoms with Gasteiger partial charge in [-0.3, -0.25) is 9.69 Å². The Hall–Kier alpha value is -2.47. The van der Waals surface area contributed by atoms with Gasteiger partial charge in [0, 0.05) is 47.9 Å². The molecule has 1 aromatic carbocycles. The molecule has 0 aliphatic carbocycles. The van der Waals surface area contributed by atoms with Crippen molar-refractivity contribution >= 4 is 10.9 Å². The Morgan fingerprint density at radius 1 is 1.15 bits per heavy atom. The van der Waals surface area contributed by atoms with E-state index in [1.807, 2.05) is 6.07 Å². The molecule has 3 aliphatic heterocycles. The van der Waals surface area contributed by atoms with Crippen molar-refractivity contribution in [2.75, 3.05) is 13.1 Å². The molecular weight excluding hydrogens is 331 g/mol. The quantitative estimate of drug-likeness (QED) is 0.728. The molecule has 1 saturated heterocycles. The highest BCUT2D eigenvalue weighted by molar-refractivity contribution is 5.86. The lowest BCUT2D eigenvalue weighted by Gasteiger charge is -2.27. The van der Waals surface area contributed by atoms with Crippen LogP contribution in [0.5, 0.6) is 0 Å². The zero-order chi connectivity index (χ0) is 17.7. The molecule has 6 rings (SSSR count). The molecule has 0 N–H and O–H groups in total. The molecule has 134 valence electrons. The van der Waals surface area contributed by atoms with E-state index < -0.39 is 0 Å². The van der Waals surface area contributed by atoms with Gasteiger partial charge >= 0.3 is 0 Å². The summed E-state index contributed by atoms with van der Waals surface area (Å²) in [4.78, 5) is 14.5. The van der Waals surface area contributed by atoms with Gasteiger partial charge in [0.05, 0.1) is 6.54 Å². The Morgan fingerprint density at radius 2 is 2.00 bits per heavy atom. The summed E-state index contributed by atoms with van der Waals surface area (Å²) < 4.78 is 17.8. The van der Waals surface area contributed by atoms with E-state index in [1.165, 1.54) is 28.1 Å². The highest BCUT2D eigenvalue weighted by Crippen LogP contribution is 2.41. The zero-order valence-electron chi connectivity index (χ0n) is 14.6. The Morgan fingerprint density at radius 3 is 2.81 bits per heavy atom. The van der Waals surface area contributed by atoms with Crippen molar-refractivity contribution in [1.29, 1.82) is 0 Å². The number of aromatic nitrogens is 3. The highest BCUT2D eigenvalue weighted by atomic mass is 19.1. The molecule has 3 aliphatic rings. The van der Waals surface area contributed by atoms with Gasteiger partial charge in [-0.1, -0.05) is 0 Å². The first-order chi connectivity index (χ1) is 12.7. The van der Waals surface area contributed by atoms with E-state index in [0.29, 0.717) is 19.0 Å². The number of piperidine rings is 1. The van der Waals surface area contributed by atoms with Gasteiger partial charge < -0.3 is 4.57 Å². The molecule has 0 saturated carbocycles. The van der Waals surface area contributed by atoms with E-state index in [0.717, 1.165) is 43.4 Å². The zero-order valence-corrected chi connectivity index (χ0v) is 14.6. The number of aryl methyl sites for hydroxylation is 2. The number of hydrogen-bond donors (Lipinski definition) is 0. The van der Waals surface area contributed by atoms with Crippen molar-refractivity contribution in [3.05, 3.63) is 64.0 Å². The van der Waals surface area contributed by atoms with Crippen LogP contribution in [0, 0.1) is 5.82 Å². The van der Waals surface area contributed by atoms with E-state index >= 15 is 0 Å². The van der Waals surface area contributed by atoms with Crippen molar-refractivity contribution < 1.29 is 4.39 Å². The van der Waals surface area contributed by atoms with E-state index in [1.54, 1.807) is 18.3 Å². The first kappa shape index (κ1) is 15.8. The van der Waals surface area contributed by atoms with Crippen LogP contribution < -0.4 is 5.56 Å². The topological polar surface area (TPSA) is 43.1 Å². The summed E-state index contributed by atoms with van der Waals surface area (Å²) in [5.74, 6) is 0.324. The molecule has 2 aromatic heterocycles. The molecule has 3 aromatic rings. The molecule has 5 heterocycles. The summed E-state index contributed by atoms with van der Waals surface area (Å²) in [5, 5.41) is 5.19. The number of rotatable bonds is 3. The van der Waals surface area contributed by atoms with Crippen molar-refractivity contribution in [3.63, 3.8) is 0 Å². The average molecular weight is 352 g/mol. The summed E-state index contributed by atoms with van der Waals surface area (Å²) in [6.07, 6.45) is 3.94. The van der Waals surface area contributed by atoms with Crippen LogP contribution in [0.1, 0.15) is 30.0 Å². The first-order valence-electron chi connectivity index (χ1n) is 9.26. The smallest absolute Gasteiger partial charge is 0.266 e. The fraction of sp³-hybridized carbons (Fsp3) is 0.400. The SMILES string of the molecule is O=c1cccnn1CCn1c2c(c3cc(F)ccc31)CN1CCC2CC1. The lowest BCUT2D eigenvalue weighted by Crippen LogP contribution is -2.29. The minimum atomic E-state index is -0.190. The maximum absolute atomic E-state index is 14.0. The van der Waals surface area contributed by atoms with Gasteiger partial charge in [-0.2, -0.15) is 5.10 Å². The fourth-order valence-corrected chi connectivity index (χ4v) is 4.63. The molecule has 2 bridgehead atoms. The number of benzene rings is 1. The summed E-state index contributed by atoms with van der Waals surface area (Å²) in [7, 11) is 0. The van der Waals surface area contributed by atoms with Crippen molar-refractivity contribution in [1.82, 2.24) is 19.2 Å². The maximum atomic E-state index is 14.0. The number of nitrogens with zero attached hydrogens (tertiary/aromatic N) is 4. The second-order valence-corrected chi connectivity index (χ2v) is 7.31. The van der Waals surface area contributed by atoms with E-state index in [2.05, 4.69) is 14.6 Å². The molecule has 5 nitrogen and oxygen atoms in total. The van der Waals surface area contributed by atoms with Gasteiger partial charge in [-0.25, -0.2) is 9.07 Å². The lowest BCUT2D eigenvalue weighted by molar-refractivity contribution is 0.219. The van der Waals surface area contributed by atoms with Gasteiger partial charge in [0.25, 0.3) is 5.56 Å². The largest absolute Gasteiger partial charge is 0.342 e. The Kier molecular flexibility index (Phi) is 3.67. The van der Waals surface area contributed by atoms with Gasteiger partial charge in [0.15, 0.2) is 0 Å². The number of hydrogen-bond acceptors (Lipinski definition) is 3. The molecule has 6 heteroatoms. The first-order valence-corrected chi connectivity index (χ1v) is 9.26. The second kappa shape index (κ2) is 6.06. The predicted molar refractivity (Wildman–Crippen MR) is 97.6 cm³/mol. The predicted octanol–water partition coefficient (Wildman–Crippen LogP) is 2.73. The van der Waals surface area contributed by atoms with Crippen molar-refractivity contribution in [2.45, 2.75) is 38.4 Å². The molecule has 26 heavy (non-hydrogen) atoms. The van der Waals surface area contributed by atoms with E-state index in [9.17, 15) is 9.18 Å². The molecule has 0 amide bonds. The van der Waals surface area contributed by atoms with Gasteiger partial charge in [-0.05, 0) is 55.8 Å². The van der Waals surface area contributed by atoms with E-state index in [-0.39, 0.29) is 11.4 Å². The lowest BCUT2D eigenvalue weighted by atomic mass is 9.94. The summed E-state index contributed by atoms with van der Waals surface area (Å²) in [5.41, 5.74) is 3.59. The van der Waals surface area contributed by atoms with Crippen LogP contribution >= 0.6 is 0 Å². The summed E-state index contributed by atoms with van der Waals surface area (Å²) >= 11 is 0. The van der Waals surface area contributed by atoms with Gasteiger partial charge in [0.1, 0.15) is 5.82 Å². The van der Waals surface area contributed by atoms with Crippen LogP contribution in [0.25, 0.3) is 10.9 Å². The van der Waals surface area contributed by atoms with Crippen LogP contribution in [0.15, 0.2) is 41.3 Å².